The summed E-state index contributed by atoms with van der Waals surface area (Å²) in [6.45, 7) is 5.75. The van der Waals surface area contributed by atoms with E-state index in [1.54, 1.807) is 20.8 Å². The largest absolute Gasteiger partial charge is 0.479 e. The Morgan fingerprint density at radius 1 is 1.00 bits per heavy atom. The molecular formula is C28H32N2O7. The quantitative estimate of drug-likeness (QED) is 0.645. The van der Waals surface area contributed by atoms with E-state index in [9.17, 15) is 19.5 Å². The van der Waals surface area contributed by atoms with Gasteiger partial charge in [0.2, 0.25) is 0 Å². The van der Waals surface area contributed by atoms with E-state index in [-0.39, 0.29) is 38.8 Å². The Hall–Kier alpha value is -3.59. The minimum Gasteiger partial charge on any atom is -0.479 e. The highest BCUT2D eigenvalue weighted by atomic mass is 16.6. The van der Waals surface area contributed by atoms with Crippen LogP contribution in [0, 0.1) is 11.8 Å². The van der Waals surface area contributed by atoms with Gasteiger partial charge in [0, 0.05) is 30.8 Å². The molecule has 2 aromatic rings. The fourth-order valence-electron chi connectivity index (χ4n) is 5.83. The number of carbonyl (C=O) groups is 3. The number of nitrogens with one attached hydrogen (secondary N) is 1. The highest BCUT2D eigenvalue weighted by Crippen LogP contribution is 2.44. The monoisotopic (exact) mass is 508 g/mol. The fourth-order valence-corrected chi connectivity index (χ4v) is 5.83. The van der Waals surface area contributed by atoms with Crippen molar-refractivity contribution in [1.29, 1.82) is 0 Å². The van der Waals surface area contributed by atoms with E-state index in [0.29, 0.717) is 0 Å². The van der Waals surface area contributed by atoms with Crippen LogP contribution in [0.5, 0.6) is 0 Å². The Labute approximate surface area is 215 Å². The molecule has 3 aliphatic rings. The summed E-state index contributed by atoms with van der Waals surface area (Å²) in [6.07, 6.45) is -1.31. The van der Waals surface area contributed by atoms with Crippen molar-refractivity contribution in [2.45, 2.75) is 37.8 Å². The molecule has 0 spiro atoms. The Morgan fingerprint density at radius 2 is 1.54 bits per heavy atom. The highest BCUT2D eigenvalue weighted by molar-refractivity contribution is 5.86. The van der Waals surface area contributed by atoms with Gasteiger partial charge in [-0.25, -0.2) is 14.4 Å². The number of rotatable bonds is 4. The highest BCUT2D eigenvalue weighted by Gasteiger charge is 2.60. The molecule has 2 unspecified atom stereocenters. The molecule has 2 aromatic carbocycles. The van der Waals surface area contributed by atoms with Crippen molar-refractivity contribution in [3.8, 4) is 11.1 Å². The first-order valence-corrected chi connectivity index (χ1v) is 12.5. The number of ether oxygens (including phenoxy) is 3. The molecule has 0 aromatic heterocycles. The van der Waals surface area contributed by atoms with Crippen LogP contribution in [0.2, 0.25) is 0 Å². The Bertz CT molecular complexity index is 1160. The SMILES string of the molecule is CC(C)(C)OC(=O)N1CC2COCC(C1)C2(NC(=O)OCC1c2ccccc2-c2ccccc21)C(=O)O. The fraction of sp³-hybridized carbons (Fsp3) is 0.464. The van der Waals surface area contributed by atoms with Gasteiger partial charge in [-0.1, -0.05) is 48.5 Å². The molecule has 2 heterocycles. The molecule has 37 heavy (non-hydrogen) atoms. The minimum atomic E-state index is -1.61. The van der Waals surface area contributed by atoms with E-state index >= 15 is 0 Å². The van der Waals surface area contributed by atoms with Gasteiger partial charge >= 0.3 is 18.2 Å². The second kappa shape index (κ2) is 9.37. The van der Waals surface area contributed by atoms with Gasteiger partial charge in [-0.2, -0.15) is 0 Å². The summed E-state index contributed by atoms with van der Waals surface area (Å²) in [7, 11) is 0. The van der Waals surface area contributed by atoms with Crippen molar-refractivity contribution in [2.24, 2.45) is 11.8 Å². The number of fused-ring (bicyclic) bond motifs is 5. The smallest absolute Gasteiger partial charge is 0.410 e. The van der Waals surface area contributed by atoms with E-state index in [1.807, 2.05) is 48.5 Å². The maximum Gasteiger partial charge on any atom is 0.410 e. The molecule has 0 radical (unpaired) electrons. The Balaban J connectivity index is 1.32. The predicted octanol–water partition coefficient (Wildman–Crippen LogP) is 3.86. The Morgan fingerprint density at radius 3 is 2.05 bits per heavy atom. The number of carboxylic acid groups (broad SMARTS) is 1. The maximum atomic E-state index is 13.1. The first-order chi connectivity index (χ1) is 17.6. The number of hydrogen-bond donors (Lipinski definition) is 2. The summed E-state index contributed by atoms with van der Waals surface area (Å²) in [6, 6.07) is 16.0. The van der Waals surface area contributed by atoms with Gasteiger partial charge in [-0.15, -0.1) is 0 Å². The van der Waals surface area contributed by atoms with Crippen molar-refractivity contribution < 1.29 is 33.7 Å². The number of carbonyl (C=O) groups excluding carboxylic acids is 2. The second-order valence-electron chi connectivity index (χ2n) is 10.9. The van der Waals surface area contributed by atoms with E-state index in [4.69, 9.17) is 14.2 Å². The number of aliphatic carboxylic acids is 1. The van der Waals surface area contributed by atoms with Gasteiger partial charge in [0.05, 0.1) is 13.2 Å². The molecule has 9 nitrogen and oxygen atoms in total. The summed E-state index contributed by atoms with van der Waals surface area (Å²) < 4.78 is 16.8. The van der Waals surface area contributed by atoms with E-state index in [0.717, 1.165) is 22.3 Å². The number of nitrogens with zero attached hydrogens (tertiary/aromatic N) is 1. The topological polar surface area (TPSA) is 114 Å². The minimum absolute atomic E-state index is 0.0748. The third kappa shape index (κ3) is 4.52. The van der Waals surface area contributed by atoms with E-state index < -0.39 is 41.1 Å². The average Bonchev–Trinajstić information content (AvgIpc) is 3.15. The summed E-state index contributed by atoms with van der Waals surface area (Å²) in [5.41, 5.74) is 2.06. The molecule has 2 fully saturated rings. The number of benzene rings is 2. The Kier molecular flexibility index (Phi) is 6.35. The van der Waals surface area contributed by atoms with Crippen molar-refractivity contribution in [3.05, 3.63) is 59.7 Å². The van der Waals surface area contributed by atoms with Gasteiger partial charge in [0.1, 0.15) is 12.2 Å². The zero-order chi connectivity index (χ0) is 26.4. The molecule has 0 saturated carbocycles. The van der Waals surface area contributed by atoms with Crippen molar-refractivity contribution in [3.63, 3.8) is 0 Å². The standard InChI is InChI=1S/C28H32N2O7/c1-27(2,3)37-26(34)30-12-17-14-35-15-18(13-30)28(17,24(31)32)29-25(33)36-16-23-21-10-6-4-8-19(21)20-9-5-7-11-22(20)23/h4-11,17-18,23H,12-16H2,1-3H3,(H,29,33)(H,31,32). The van der Waals surface area contributed by atoms with Gasteiger partial charge in [0.25, 0.3) is 0 Å². The van der Waals surface area contributed by atoms with Crippen LogP contribution in [0.3, 0.4) is 0 Å². The number of piperidine rings is 1. The molecule has 1 aliphatic carbocycles. The molecular weight excluding hydrogens is 476 g/mol. The summed E-state index contributed by atoms with van der Waals surface area (Å²) in [5.74, 6) is -2.63. The van der Waals surface area contributed by atoms with Crippen LogP contribution >= 0.6 is 0 Å². The molecule has 2 saturated heterocycles. The molecule has 9 heteroatoms. The number of hydrogen-bond acceptors (Lipinski definition) is 6. The second-order valence-corrected chi connectivity index (χ2v) is 10.9. The van der Waals surface area contributed by atoms with E-state index in [1.165, 1.54) is 4.90 Å². The lowest BCUT2D eigenvalue weighted by Crippen LogP contribution is -2.74. The number of carboxylic acids is 1. The van der Waals surface area contributed by atoms with Crippen LogP contribution in [-0.2, 0) is 19.0 Å². The number of alkyl carbamates (subject to hydrolysis) is 1. The molecule has 2 amide bonds. The van der Waals surface area contributed by atoms with Crippen LogP contribution in [-0.4, -0.2) is 72.2 Å². The summed E-state index contributed by atoms with van der Waals surface area (Å²) in [5, 5.41) is 13.0. The first-order valence-electron chi connectivity index (χ1n) is 12.5. The lowest BCUT2D eigenvalue weighted by Gasteiger charge is -2.52. The van der Waals surface area contributed by atoms with Crippen molar-refractivity contribution >= 4 is 18.2 Å². The maximum absolute atomic E-state index is 13.1. The van der Waals surface area contributed by atoms with E-state index in [2.05, 4.69) is 5.32 Å². The van der Waals surface area contributed by atoms with Crippen LogP contribution in [0.25, 0.3) is 11.1 Å². The zero-order valence-corrected chi connectivity index (χ0v) is 21.2. The molecule has 5 rings (SSSR count). The lowest BCUT2D eigenvalue weighted by atomic mass is 9.69. The van der Waals surface area contributed by atoms with Crippen molar-refractivity contribution in [1.82, 2.24) is 10.2 Å². The summed E-state index contributed by atoms with van der Waals surface area (Å²) in [4.78, 5) is 40.0. The van der Waals surface area contributed by atoms with Gasteiger partial charge < -0.3 is 29.5 Å². The van der Waals surface area contributed by atoms with Crippen molar-refractivity contribution in [2.75, 3.05) is 32.9 Å². The third-order valence-corrected chi connectivity index (χ3v) is 7.47. The number of likely N-dealkylation sites (tertiary alicyclic amines) is 1. The number of amides is 2. The molecule has 2 N–H and O–H groups in total. The van der Waals surface area contributed by atoms with Crippen LogP contribution < -0.4 is 5.32 Å². The van der Waals surface area contributed by atoms with Crippen LogP contribution in [0.1, 0.15) is 37.8 Å². The average molecular weight is 509 g/mol. The van der Waals surface area contributed by atoms with Gasteiger partial charge in [-0.05, 0) is 43.0 Å². The first kappa shape index (κ1) is 25.1. The molecule has 196 valence electrons. The molecule has 2 aliphatic heterocycles. The molecule has 2 bridgehead atoms. The van der Waals surface area contributed by atoms with Crippen LogP contribution in [0.15, 0.2) is 48.5 Å². The van der Waals surface area contributed by atoms with Gasteiger partial charge in [-0.3, -0.25) is 0 Å². The van der Waals surface area contributed by atoms with Crippen LogP contribution in [0.4, 0.5) is 9.59 Å². The zero-order valence-electron chi connectivity index (χ0n) is 21.2. The normalized spacial score (nSPS) is 24.6. The summed E-state index contributed by atoms with van der Waals surface area (Å²) >= 11 is 0. The lowest BCUT2D eigenvalue weighted by molar-refractivity contribution is -0.169. The molecule has 2 atom stereocenters. The predicted molar refractivity (Wildman–Crippen MR) is 134 cm³/mol. The third-order valence-electron chi connectivity index (χ3n) is 7.47. The van der Waals surface area contributed by atoms with Gasteiger partial charge in [0.15, 0.2) is 5.54 Å².